The van der Waals surface area contributed by atoms with E-state index in [-0.39, 0.29) is 0 Å². The largest absolute Gasteiger partial charge is 0.310 e. The molecule has 0 spiro atoms. The molecule has 1 N–H and O–H groups in total. The second kappa shape index (κ2) is 7.44. The summed E-state index contributed by atoms with van der Waals surface area (Å²) in [5.41, 5.74) is 1.44. The van der Waals surface area contributed by atoms with Crippen LogP contribution in [0, 0.1) is 11.8 Å². The maximum absolute atomic E-state index is 3.74. The third kappa shape index (κ3) is 3.61. The maximum atomic E-state index is 3.74. The van der Waals surface area contributed by atoms with Gasteiger partial charge in [-0.1, -0.05) is 73.7 Å². The molecule has 0 aromatic heterocycles. The number of halogens is 1. The molecule has 1 aromatic carbocycles. The van der Waals surface area contributed by atoms with Gasteiger partial charge in [0.1, 0.15) is 0 Å². The Morgan fingerprint density at radius 3 is 2.63 bits per heavy atom. The monoisotopic (exact) mass is 323 g/mol. The molecule has 1 saturated carbocycles. The average Bonchev–Trinajstić information content (AvgIpc) is 2.46. The normalized spacial score (nSPS) is 25.2. The summed E-state index contributed by atoms with van der Waals surface area (Å²) in [6, 6.07) is 9.22. The molecule has 1 fully saturated rings. The quantitative estimate of drug-likeness (QED) is 0.773. The molecule has 0 aliphatic heterocycles. The number of rotatable bonds is 5. The van der Waals surface area contributed by atoms with Crippen molar-refractivity contribution in [1.29, 1.82) is 0 Å². The van der Waals surface area contributed by atoms with Gasteiger partial charge >= 0.3 is 0 Å². The minimum Gasteiger partial charge on any atom is -0.310 e. The van der Waals surface area contributed by atoms with Crippen molar-refractivity contribution in [2.45, 2.75) is 52.0 Å². The minimum atomic E-state index is 0.505. The lowest BCUT2D eigenvalue weighted by molar-refractivity contribution is 0.176. The van der Waals surface area contributed by atoms with Gasteiger partial charge in [0.2, 0.25) is 0 Å². The molecular weight excluding hydrogens is 298 g/mol. The second-order valence-corrected chi connectivity index (χ2v) is 6.53. The van der Waals surface area contributed by atoms with Crippen molar-refractivity contribution >= 4 is 15.9 Å². The summed E-state index contributed by atoms with van der Waals surface area (Å²) in [7, 11) is 0. The van der Waals surface area contributed by atoms with Crippen LogP contribution < -0.4 is 5.32 Å². The third-order valence-electron chi connectivity index (χ3n) is 4.58. The van der Waals surface area contributed by atoms with Gasteiger partial charge in [0.15, 0.2) is 0 Å². The van der Waals surface area contributed by atoms with Crippen molar-refractivity contribution in [3.8, 4) is 0 Å². The van der Waals surface area contributed by atoms with Crippen molar-refractivity contribution in [3.63, 3.8) is 0 Å². The average molecular weight is 324 g/mol. The topological polar surface area (TPSA) is 12.0 Å². The Kier molecular flexibility index (Phi) is 5.90. The molecule has 3 unspecified atom stereocenters. The van der Waals surface area contributed by atoms with Crippen LogP contribution in [0.2, 0.25) is 0 Å². The van der Waals surface area contributed by atoms with Crippen LogP contribution >= 0.6 is 15.9 Å². The molecule has 1 aromatic rings. The molecule has 1 aliphatic carbocycles. The van der Waals surface area contributed by atoms with E-state index in [1.54, 1.807) is 0 Å². The number of hydrogen-bond donors (Lipinski definition) is 1. The molecule has 0 bridgehead atoms. The van der Waals surface area contributed by atoms with E-state index in [2.05, 4.69) is 59.4 Å². The molecule has 2 rings (SSSR count). The Morgan fingerprint density at radius 2 is 1.95 bits per heavy atom. The predicted molar refractivity (Wildman–Crippen MR) is 86.3 cm³/mol. The van der Waals surface area contributed by atoms with Crippen LogP contribution in [0.3, 0.4) is 0 Å². The van der Waals surface area contributed by atoms with Crippen LogP contribution in [0.15, 0.2) is 28.7 Å². The van der Waals surface area contributed by atoms with Crippen LogP contribution in [0.5, 0.6) is 0 Å². The summed E-state index contributed by atoms with van der Waals surface area (Å²) >= 11 is 3.74. The van der Waals surface area contributed by atoms with Crippen LogP contribution in [0.1, 0.15) is 57.6 Å². The van der Waals surface area contributed by atoms with E-state index in [1.165, 1.54) is 42.1 Å². The van der Waals surface area contributed by atoms with Gasteiger partial charge < -0.3 is 5.32 Å². The van der Waals surface area contributed by atoms with Gasteiger partial charge in [-0.05, 0) is 36.4 Å². The van der Waals surface area contributed by atoms with Crippen LogP contribution in [-0.2, 0) is 0 Å². The fourth-order valence-electron chi connectivity index (χ4n) is 3.62. The molecular formula is C17H26BrN. The zero-order valence-electron chi connectivity index (χ0n) is 12.2. The molecule has 19 heavy (non-hydrogen) atoms. The van der Waals surface area contributed by atoms with Crippen molar-refractivity contribution < 1.29 is 0 Å². The molecule has 0 amide bonds. The van der Waals surface area contributed by atoms with Gasteiger partial charge in [0.25, 0.3) is 0 Å². The molecule has 106 valence electrons. The van der Waals surface area contributed by atoms with E-state index in [9.17, 15) is 0 Å². The highest BCUT2D eigenvalue weighted by Crippen LogP contribution is 2.41. The number of benzene rings is 1. The second-order valence-electron chi connectivity index (χ2n) is 5.67. The summed E-state index contributed by atoms with van der Waals surface area (Å²) in [6.07, 6.45) is 6.92. The molecule has 0 saturated heterocycles. The van der Waals surface area contributed by atoms with E-state index in [1.807, 2.05) is 0 Å². The predicted octanol–water partition coefficient (Wildman–Crippen LogP) is 5.32. The minimum absolute atomic E-state index is 0.505. The Hall–Kier alpha value is -0.340. The zero-order valence-corrected chi connectivity index (χ0v) is 13.7. The summed E-state index contributed by atoms with van der Waals surface area (Å²) in [5, 5.41) is 3.74. The summed E-state index contributed by atoms with van der Waals surface area (Å²) in [6.45, 7) is 5.61. The Balaban J connectivity index is 2.26. The molecule has 0 radical (unpaired) electrons. The molecule has 3 atom stereocenters. The lowest BCUT2D eigenvalue weighted by Crippen LogP contribution is -2.34. The summed E-state index contributed by atoms with van der Waals surface area (Å²) in [4.78, 5) is 0. The first kappa shape index (κ1) is 15.1. The lowest BCUT2D eigenvalue weighted by atomic mass is 9.72. The Morgan fingerprint density at radius 1 is 1.21 bits per heavy atom. The Bertz CT molecular complexity index is 391. The van der Waals surface area contributed by atoms with Crippen molar-refractivity contribution in [2.24, 2.45) is 11.8 Å². The van der Waals surface area contributed by atoms with Gasteiger partial charge in [0, 0.05) is 10.5 Å². The number of nitrogens with one attached hydrogen (secondary N) is 1. The highest BCUT2D eigenvalue weighted by Gasteiger charge is 2.31. The van der Waals surface area contributed by atoms with Crippen molar-refractivity contribution in [1.82, 2.24) is 5.32 Å². The molecule has 0 heterocycles. The number of hydrogen-bond acceptors (Lipinski definition) is 1. The van der Waals surface area contributed by atoms with E-state index >= 15 is 0 Å². The van der Waals surface area contributed by atoms with Gasteiger partial charge in [-0.3, -0.25) is 0 Å². The van der Waals surface area contributed by atoms with E-state index in [0.29, 0.717) is 6.04 Å². The summed E-state index contributed by atoms with van der Waals surface area (Å²) in [5.74, 6) is 1.67. The zero-order chi connectivity index (χ0) is 13.7. The van der Waals surface area contributed by atoms with Gasteiger partial charge in [-0.25, -0.2) is 0 Å². The van der Waals surface area contributed by atoms with Gasteiger partial charge in [0.05, 0.1) is 0 Å². The van der Waals surface area contributed by atoms with E-state index in [4.69, 9.17) is 0 Å². The fraction of sp³-hybridized carbons (Fsp3) is 0.647. The molecule has 2 heteroatoms. The van der Waals surface area contributed by atoms with Crippen molar-refractivity contribution in [2.75, 3.05) is 6.54 Å². The van der Waals surface area contributed by atoms with Crippen LogP contribution in [-0.4, -0.2) is 6.54 Å². The molecule has 1 nitrogen and oxygen atoms in total. The van der Waals surface area contributed by atoms with E-state index in [0.717, 1.165) is 18.4 Å². The van der Waals surface area contributed by atoms with Crippen molar-refractivity contribution in [3.05, 3.63) is 34.3 Å². The first-order valence-electron chi connectivity index (χ1n) is 7.75. The molecule has 1 aliphatic rings. The Labute approximate surface area is 126 Å². The maximum Gasteiger partial charge on any atom is 0.0362 e. The highest BCUT2D eigenvalue weighted by atomic mass is 79.9. The first-order valence-corrected chi connectivity index (χ1v) is 8.55. The van der Waals surface area contributed by atoms with Crippen LogP contribution in [0.4, 0.5) is 0 Å². The van der Waals surface area contributed by atoms with Gasteiger partial charge in [-0.2, -0.15) is 0 Å². The third-order valence-corrected chi connectivity index (χ3v) is 5.31. The SMILES string of the molecule is CCNC(c1ccccc1Br)C1CCCCC1CC. The summed E-state index contributed by atoms with van der Waals surface area (Å²) < 4.78 is 1.25. The van der Waals surface area contributed by atoms with E-state index < -0.39 is 0 Å². The smallest absolute Gasteiger partial charge is 0.0362 e. The first-order chi connectivity index (χ1) is 9.27. The lowest BCUT2D eigenvalue weighted by Gasteiger charge is -2.38. The van der Waals surface area contributed by atoms with Gasteiger partial charge in [-0.15, -0.1) is 0 Å². The standard InChI is InChI=1S/C17H26BrN/c1-3-13-9-5-6-10-14(13)17(19-4-2)15-11-7-8-12-16(15)18/h7-8,11-14,17,19H,3-6,9-10H2,1-2H3. The fourth-order valence-corrected chi connectivity index (χ4v) is 4.15. The van der Waals surface area contributed by atoms with Crippen LogP contribution in [0.25, 0.3) is 0 Å². The highest BCUT2D eigenvalue weighted by molar-refractivity contribution is 9.10.